The van der Waals surface area contributed by atoms with Crippen molar-refractivity contribution in [2.75, 3.05) is 16.0 Å². The van der Waals surface area contributed by atoms with Crippen LogP contribution in [0.25, 0.3) is 22.0 Å². The molecule has 0 spiro atoms. The third kappa shape index (κ3) is 3.53. The van der Waals surface area contributed by atoms with Crippen molar-refractivity contribution in [3.8, 4) is 11.1 Å². The van der Waals surface area contributed by atoms with Gasteiger partial charge in [-0.2, -0.15) is 5.10 Å². The lowest BCUT2D eigenvalue weighted by Crippen LogP contribution is -2.13. The number of hydrogen-bond acceptors (Lipinski definition) is 6. The van der Waals surface area contributed by atoms with Gasteiger partial charge in [0.15, 0.2) is 0 Å². The average molecular weight is 433 g/mol. The largest absolute Gasteiger partial charge is 0.359 e. The molecule has 1 atom stereocenters. The Labute approximate surface area is 189 Å². The molecule has 0 saturated heterocycles. The van der Waals surface area contributed by atoms with Crippen LogP contribution in [0.5, 0.6) is 0 Å². The molecule has 1 unspecified atom stereocenters. The van der Waals surface area contributed by atoms with Crippen molar-refractivity contribution in [3.63, 3.8) is 0 Å². The number of amides is 1. The fourth-order valence-corrected chi connectivity index (χ4v) is 4.01. The molecule has 5 aromatic rings. The number of fused-ring (bicyclic) bond motifs is 2. The van der Waals surface area contributed by atoms with Gasteiger partial charge in [0.25, 0.3) is 5.91 Å². The molecule has 33 heavy (non-hydrogen) atoms. The van der Waals surface area contributed by atoms with Gasteiger partial charge in [0.1, 0.15) is 11.9 Å². The summed E-state index contributed by atoms with van der Waals surface area (Å²) in [7, 11) is 0. The van der Waals surface area contributed by atoms with Gasteiger partial charge in [0.2, 0.25) is 0 Å². The first-order valence-corrected chi connectivity index (χ1v) is 10.5. The van der Waals surface area contributed by atoms with Crippen LogP contribution in [0.3, 0.4) is 0 Å². The van der Waals surface area contributed by atoms with Crippen molar-refractivity contribution in [1.29, 1.82) is 0 Å². The molecule has 3 aromatic heterocycles. The van der Waals surface area contributed by atoms with Crippen molar-refractivity contribution in [3.05, 3.63) is 96.7 Å². The monoisotopic (exact) mass is 433 g/mol. The zero-order valence-electron chi connectivity index (χ0n) is 17.4. The molecule has 6 rings (SSSR count). The Balaban J connectivity index is 1.30. The highest BCUT2D eigenvalue weighted by Gasteiger charge is 2.25. The zero-order valence-corrected chi connectivity index (χ0v) is 17.4. The summed E-state index contributed by atoms with van der Waals surface area (Å²) in [6, 6.07) is 19.1. The van der Waals surface area contributed by atoms with Gasteiger partial charge >= 0.3 is 0 Å². The van der Waals surface area contributed by atoms with E-state index in [4.69, 9.17) is 0 Å². The molecule has 0 aliphatic carbocycles. The number of pyridine rings is 2. The standard InChI is InChI=1S/C25H19N7O/c33-25(15-4-2-1-3-5-15)28-18-10-17(12-27-13-18)16-6-7-20-19(11-16)23(32-31-20)24-29-21-8-9-26-14-22(21)30-24/h1-14,24,29-30H,(H,28,33)(H,31,32). The molecule has 0 saturated carbocycles. The number of hydrogen-bond donors (Lipinski definition) is 4. The van der Waals surface area contributed by atoms with E-state index in [0.29, 0.717) is 11.3 Å². The van der Waals surface area contributed by atoms with E-state index in [0.717, 1.165) is 39.1 Å². The Morgan fingerprint density at radius 3 is 2.61 bits per heavy atom. The first kappa shape index (κ1) is 19.0. The van der Waals surface area contributed by atoms with Crippen LogP contribution in [0.15, 0.2) is 85.5 Å². The predicted octanol–water partition coefficient (Wildman–Crippen LogP) is 4.81. The Kier molecular flexibility index (Phi) is 4.47. The van der Waals surface area contributed by atoms with Crippen LogP contribution in [-0.4, -0.2) is 26.1 Å². The van der Waals surface area contributed by atoms with Crippen molar-refractivity contribution in [1.82, 2.24) is 20.2 Å². The molecule has 1 aliphatic heterocycles. The van der Waals surface area contributed by atoms with Gasteiger partial charge in [0.05, 0.1) is 35.0 Å². The summed E-state index contributed by atoms with van der Waals surface area (Å²) in [5.74, 6) is -0.172. The van der Waals surface area contributed by atoms with Gasteiger partial charge < -0.3 is 16.0 Å². The van der Waals surface area contributed by atoms with Crippen LogP contribution in [0.1, 0.15) is 22.2 Å². The van der Waals surface area contributed by atoms with Crippen LogP contribution in [-0.2, 0) is 0 Å². The van der Waals surface area contributed by atoms with E-state index in [-0.39, 0.29) is 12.1 Å². The summed E-state index contributed by atoms with van der Waals surface area (Å²) in [5.41, 5.74) is 6.85. The van der Waals surface area contributed by atoms with E-state index < -0.39 is 0 Å². The van der Waals surface area contributed by atoms with Crippen molar-refractivity contribution in [2.24, 2.45) is 0 Å². The molecule has 160 valence electrons. The number of H-pyrrole nitrogens is 1. The highest BCUT2D eigenvalue weighted by atomic mass is 16.1. The normalized spacial score (nSPS) is 14.4. The maximum absolute atomic E-state index is 12.5. The number of rotatable bonds is 4. The van der Waals surface area contributed by atoms with Gasteiger partial charge in [0, 0.05) is 28.9 Å². The van der Waals surface area contributed by atoms with Gasteiger partial charge in [-0.25, -0.2) is 0 Å². The van der Waals surface area contributed by atoms with Gasteiger partial charge in [-0.15, -0.1) is 0 Å². The summed E-state index contributed by atoms with van der Waals surface area (Å²) in [5, 5.41) is 18.4. The van der Waals surface area contributed by atoms with E-state index in [1.54, 1.807) is 36.9 Å². The summed E-state index contributed by atoms with van der Waals surface area (Å²) >= 11 is 0. The molecular weight excluding hydrogens is 414 g/mol. The molecule has 8 nitrogen and oxygen atoms in total. The lowest BCUT2D eigenvalue weighted by Gasteiger charge is -2.11. The van der Waals surface area contributed by atoms with Crippen molar-refractivity contribution < 1.29 is 4.79 Å². The van der Waals surface area contributed by atoms with Crippen LogP contribution in [0, 0.1) is 0 Å². The topological polar surface area (TPSA) is 108 Å². The summed E-state index contributed by atoms with van der Waals surface area (Å²) < 4.78 is 0. The zero-order chi connectivity index (χ0) is 22.2. The van der Waals surface area contributed by atoms with Crippen LogP contribution < -0.4 is 16.0 Å². The summed E-state index contributed by atoms with van der Waals surface area (Å²) in [4.78, 5) is 21.0. The highest BCUT2D eigenvalue weighted by Crippen LogP contribution is 2.36. The number of aromatic amines is 1. The minimum atomic E-state index is -0.172. The van der Waals surface area contributed by atoms with Gasteiger partial charge in [-0.3, -0.25) is 19.9 Å². The predicted molar refractivity (Wildman–Crippen MR) is 128 cm³/mol. The third-order valence-corrected chi connectivity index (χ3v) is 5.65. The SMILES string of the molecule is O=C(Nc1cncc(-c2ccc3[nH]nc(C4Nc5ccncc5N4)c3c2)c1)c1ccccc1. The Hall–Kier alpha value is -4.72. The molecule has 2 aromatic carbocycles. The second-order valence-corrected chi connectivity index (χ2v) is 7.79. The third-order valence-electron chi connectivity index (χ3n) is 5.65. The fourth-order valence-electron chi connectivity index (χ4n) is 4.01. The molecule has 0 fully saturated rings. The highest BCUT2D eigenvalue weighted by molar-refractivity contribution is 6.04. The van der Waals surface area contributed by atoms with E-state index in [2.05, 4.69) is 42.2 Å². The van der Waals surface area contributed by atoms with Gasteiger partial charge in [-0.05, 0) is 42.0 Å². The van der Waals surface area contributed by atoms with Gasteiger partial charge in [-0.1, -0.05) is 24.3 Å². The van der Waals surface area contributed by atoms with E-state index >= 15 is 0 Å². The van der Waals surface area contributed by atoms with Crippen LogP contribution in [0.4, 0.5) is 17.1 Å². The second-order valence-electron chi connectivity index (χ2n) is 7.79. The van der Waals surface area contributed by atoms with Crippen LogP contribution in [0.2, 0.25) is 0 Å². The van der Waals surface area contributed by atoms with E-state index in [1.165, 1.54) is 0 Å². The van der Waals surface area contributed by atoms with E-state index in [1.807, 2.05) is 42.5 Å². The van der Waals surface area contributed by atoms with Crippen molar-refractivity contribution >= 4 is 33.9 Å². The van der Waals surface area contributed by atoms with E-state index in [9.17, 15) is 4.79 Å². The molecular formula is C25H19N7O. The molecule has 4 N–H and O–H groups in total. The molecule has 1 amide bonds. The number of carbonyl (C=O) groups excluding carboxylic acids is 1. The Morgan fingerprint density at radius 1 is 0.848 bits per heavy atom. The lowest BCUT2D eigenvalue weighted by molar-refractivity contribution is 0.102. The Bertz CT molecular complexity index is 1450. The summed E-state index contributed by atoms with van der Waals surface area (Å²) in [6.07, 6.45) is 6.82. The molecule has 4 heterocycles. The number of nitrogens with zero attached hydrogens (tertiary/aromatic N) is 3. The first-order valence-electron chi connectivity index (χ1n) is 10.5. The molecule has 8 heteroatoms. The minimum absolute atomic E-state index is 0.164. The number of aromatic nitrogens is 4. The summed E-state index contributed by atoms with van der Waals surface area (Å²) in [6.45, 7) is 0. The molecule has 1 aliphatic rings. The number of carbonyl (C=O) groups is 1. The fraction of sp³-hybridized carbons (Fsp3) is 0.0400. The van der Waals surface area contributed by atoms with Crippen LogP contribution >= 0.6 is 0 Å². The maximum atomic E-state index is 12.5. The number of nitrogens with one attached hydrogen (secondary N) is 4. The maximum Gasteiger partial charge on any atom is 0.255 e. The first-order chi connectivity index (χ1) is 16.2. The quantitative estimate of drug-likeness (QED) is 0.324. The lowest BCUT2D eigenvalue weighted by atomic mass is 10.0. The Morgan fingerprint density at radius 2 is 1.73 bits per heavy atom. The molecule has 0 radical (unpaired) electrons. The smallest absolute Gasteiger partial charge is 0.255 e. The molecule has 0 bridgehead atoms. The minimum Gasteiger partial charge on any atom is -0.359 e. The second kappa shape index (κ2) is 7.76. The number of benzene rings is 2. The van der Waals surface area contributed by atoms with Crippen molar-refractivity contribution in [2.45, 2.75) is 6.17 Å². The number of anilines is 3. The average Bonchev–Trinajstić information content (AvgIpc) is 3.48.